The highest BCUT2D eigenvalue weighted by Gasteiger charge is 2.24. The van der Waals surface area contributed by atoms with Gasteiger partial charge in [0, 0.05) is 50.4 Å². The molecular weight excluding hydrogens is 334 g/mol. The molecule has 0 spiro atoms. The number of aryl methyl sites for hydroxylation is 1. The third-order valence-electron chi connectivity index (χ3n) is 4.84. The van der Waals surface area contributed by atoms with Gasteiger partial charge in [0.1, 0.15) is 0 Å². The van der Waals surface area contributed by atoms with E-state index in [1.54, 1.807) is 13.0 Å². The van der Waals surface area contributed by atoms with Crippen LogP contribution in [0.25, 0.3) is 0 Å². The first kappa shape index (κ1) is 18.4. The lowest BCUT2D eigenvalue weighted by Gasteiger charge is -2.34. The number of rotatable bonds is 5. The number of anilines is 1. The topological polar surface area (TPSA) is 79.0 Å². The Bertz CT molecular complexity index is 696. The lowest BCUT2D eigenvalue weighted by atomic mass is 10.00. The van der Waals surface area contributed by atoms with Gasteiger partial charge in [-0.25, -0.2) is 0 Å². The maximum atomic E-state index is 12.8. The van der Waals surface area contributed by atoms with E-state index < -0.39 is 0 Å². The molecule has 1 saturated heterocycles. The first-order valence-corrected chi connectivity index (χ1v) is 9.17. The number of carbonyl (C=O) groups is 3. The molecule has 7 nitrogen and oxygen atoms in total. The average molecular weight is 359 g/mol. The highest BCUT2D eigenvalue weighted by molar-refractivity contribution is 5.98. The van der Waals surface area contributed by atoms with Gasteiger partial charge in [-0.1, -0.05) is 0 Å². The van der Waals surface area contributed by atoms with Gasteiger partial charge in [0.2, 0.25) is 5.91 Å². The number of hydrogen-bond acceptors (Lipinski definition) is 5. The quantitative estimate of drug-likeness (QED) is 0.802. The van der Waals surface area contributed by atoms with Crippen LogP contribution >= 0.6 is 0 Å². The van der Waals surface area contributed by atoms with Crippen molar-refractivity contribution in [2.24, 2.45) is 0 Å². The normalized spacial score (nSPS) is 17.4. The number of carbonyl (C=O) groups excluding carboxylic acids is 3. The molecule has 1 aromatic carbocycles. The average Bonchev–Trinajstić information content (AvgIpc) is 2.66. The molecule has 3 rings (SSSR count). The number of nitrogens with zero attached hydrogens (tertiary/aromatic N) is 2. The van der Waals surface area contributed by atoms with E-state index in [0.29, 0.717) is 51.1 Å². The van der Waals surface area contributed by atoms with Crippen LogP contribution in [-0.4, -0.2) is 66.9 Å². The number of esters is 1. The number of nitrogens with one attached hydrogen (secondary N) is 1. The summed E-state index contributed by atoms with van der Waals surface area (Å²) in [4.78, 5) is 39.7. The summed E-state index contributed by atoms with van der Waals surface area (Å²) >= 11 is 0. The summed E-state index contributed by atoms with van der Waals surface area (Å²) in [6.07, 6.45) is 1.52. The summed E-state index contributed by atoms with van der Waals surface area (Å²) in [6.45, 7) is 5.69. The monoisotopic (exact) mass is 359 g/mol. The highest BCUT2D eigenvalue weighted by atomic mass is 16.5. The SMILES string of the molecule is CCOC(=O)CCN1CCN(C(=O)c2ccc3c(c2)CCC(=O)N3)CC1. The zero-order valence-electron chi connectivity index (χ0n) is 15.1. The second-order valence-corrected chi connectivity index (χ2v) is 6.61. The van der Waals surface area contributed by atoms with Gasteiger partial charge in [0.05, 0.1) is 13.0 Å². The van der Waals surface area contributed by atoms with Crippen LogP contribution < -0.4 is 5.32 Å². The summed E-state index contributed by atoms with van der Waals surface area (Å²) in [6, 6.07) is 5.49. The van der Waals surface area contributed by atoms with Crippen LogP contribution in [0.1, 0.15) is 35.7 Å². The zero-order valence-corrected chi connectivity index (χ0v) is 15.1. The van der Waals surface area contributed by atoms with E-state index in [4.69, 9.17) is 4.74 Å². The fourth-order valence-corrected chi connectivity index (χ4v) is 3.36. The minimum atomic E-state index is -0.174. The van der Waals surface area contributed by atoms with Crippen LogP contribution in [0.5, 0.6) is 0 Å². The van der Waals surface area contributed by atoms with Crippen LogP contribution in [0.2, 0.25) is 0 Å². The number of ether oxygens (including phenoxy) is 1. The van der Waals surface area contributed by atoms with Crippen LogP contribution in [0.4, 0.5) is 5.69 Å². The van der Waals surface area contributed by atoms with E-state index in [1.807, 2.05) is 17.0 Å². The Kier molecular flexibility index (Phi) is 5.88. The standard InChI is InChI=1S/C19H25N3O4/c1-2-26-18(24)7-8-21-9-11-22(12-10-21)19(25)15-3-5-16-14(13-15)4-6-17(23)20-16/h3,5,13H,2,4,6-12H2,1H3,(H,20,23). The van der Waals surface area contributed by atoms with Gasteiger partial charge in [-0.2, -0.15) is 0 Å². The largest absolute Gasteiger partial charge is 0.466 e. The molecule has 0 radical (unpaired) electrons. The van der Waals surface area contributed by atoms with Gasteiger partial charge in [-0.15, -0.1) is 0 Å². The number of benzene rings is 1. The Morgan fingerprint density at radius 2 is 1.92 bits per heavy atom. The van der Waals surface area contributed by atoms with Gasteiger partial charge in [0.25, 0.3) is 5.91 Å². The Balaban J connectivity index is 1.52. The van der Waals surface area contributed by atoms with E-state index in [-0.39, 0.29) is 17.8 Å². The van der Waals surface area contributed by atoms with Gasteiger partial charge in [0.15, 0.2) is 0 Å². The second-order valence-electron chi connectivity index (χ2n) is 6.61. The van der Waals surface area contributed by atoms with Crippen LogP contribution in [0.15, 0.2) is 18.2 Å². The number of fused-ring (bicyclic) bond motifs is 1. The summed E-state index contributed by atoms with van der Waals surface area (Å²) in [5.74, 6) is -0.127. The maximum Gasteiger partial charge on any atom is 0.307 e. The summed E-state index contributed by atoms with van der Waals surface area (Å²) in [5, 5.41) is 2.84. The molecule has 0 aliphatic carbocycles. The van der Waals surface area contributed by atoms with Crippen molar-refractivity contribution in [3.05, 3.63) is 29.3 Å². The molecule has 0 aromatic heterocycles. The molecule has 2 aliphatic rings. The molecule has 0 bridgehead atoms. The minimum absolute atomic E-state index is 0.0229. The highest BCUT2D eigenvalue weighted by Crippen LogP contribution is 2.24. The first-order valence-electron chi connectivity index (χ1n) is 9.17. The third kappa shape index (κ3) is 4.40. The molecule has 0 atom stereocenters. The van der Waals surface area contributed by atoms with Crippen LogP contribution in [0, 0.1) is 0 Å². The molecular formula is C19H25N3O4. The molecule has 0 saturated carbocycles. The molecule has 26 heavy (non-hydrogen) atoms. The Morgan fingerprint density at radius 1 is 1.15 bits per heavy atom. The van der Waals surface area contributed by atoms with Crippen molar-refractivity contribution in [3.63, 3.8) is 0 Å². The Labute approximate surface area is 153 Å². The molecule has 2 amide bonds. The summed E-state index contributed by atoms with van der Waals surface area (Å²) in [7, 11) is 0. The fraction of sp³-hybridized carbons (Fsp3) is 0.526. The zero-order chi connectivity index (χ0) is 18.5. The van der Waals surface area contributed by atoms with E-state index in [0.717, 1.165) is 24.3 Å². The van der Waals surface area contributed by atoms with Gasteiger partial charge in [-0.05, 0) is 37.1 Å². The van der Waals surface area contributed by atoms with Crippen molar-refractivity contribution in [3.8, 4) is 0 Å². The van der Waals surface area contributed by atoms with E-state index in [1.165, 1.54) is 0 Å². The lowest BCUT2D eigenvalue weighted by molar-refractivity contribution is -0.143. The number of hydrogen-bond donors (Lipinski definition) is 1. The Hall–Kier alpha value is -2.41. The summed E-state index contributed by atoms with van der Waals surface area (Å²) in [5.41, 5.74) is 2.49. The van der Waals surface area contributed by atoms with Gasteiger partial charge >= 0.3 is 5.97 Å². The molecule has 0 unspecified atom stereocenters. The molecule has 2 heterocycles. The van der Waals surface area contributed by atoms with Gasteiger partial charge < -0.3 is 15.0 Å². The predicted octanol–water partition coefficient (Wildman–Crippen LogP) is 1.28. The third-order valence-corrected chi connectivity index (χ3v) is 4.84. The fourth-order valence-electron chi connectivity index (χ4n) is 3.36. The molecule has 140 valence electrons. The lowest BCUT2D eigenvalue weighted by Crippen LogP contribution is -2.49. The van der Waals surface area contributed by atoms with E-state index in [9.17, 15) is 14.4 Å². The van der Waals surface area contributed by atoms with Crippen molar-refractivity contribution in [1.29, 1.82) is 0 Å². The first-order chi connectivity index (χ1) is 12.6. The smallest absolute Gasteiger partial charge is 0.307 e. The number of piperazine rings is 1. The molecule has 1 fully saturated rings. The second kappa shape index (κ2) is 8.31. The van der Waals surface area contributed by atoms with Gasteiger partial charge in [-0.3, -0.25) is 19.3 Å². The van der Waals surface area contributed by atoms with E-state index >= 15 is 0 Å². The minimum Gasteiger partial charge on any atom is -0.466 e. The molecule has 2 aliphatic heterocycles. The van der Waals surface area contributed by atoms with E-state index in [2.05, 4.69) is 10.2 Å². The van der Waals surface area contributed by atoms with Crippen molar-refractivity contribution in [2.45, 2.75) is 26.2 Å². The molecule has 7 heteroatoms. The summed E-state index contributed by atoms with van der Waals surface area (Å²) < 4.78 is 4.95. The predicted molar refractivity (Wildman–Crippen MR) is 97.0 cm³/mol. The van der Waals surface area contributed by atoms with Crippen molar-refractivity contribution >= 4 is 23.5 Å². The molecule has 1 N–H and O–H groups in total. The van der Waals surface area contributed by atoms with Crippen LogP contribution in [-0.2, 0) is 20.7 Å². The van der Waals surface area contributed by atoms with Crippen molar-refractivity contribution in [2.75, 3.05) is 44.6 Å². The van der Waals surface area contributed by atoms with Crippen molar-refractivity contribution < 1.29 is 19.1 Å². The number of amides is 2. The maximum absolute atomic E-state index is 12.8. The van der Waals surface area contributed by atoms with Crippen molar-refractivity contribution in [1.82, 2.24) is 9.80 Å². The molecule has 1 aromatic rings. The van der Waals surface area contributed by atoms with Crippen LogP contribution in [0.3, 0.4) is 0 Å². The Morgan fingerprint density at radius 3 is 2.65 bits per heavy atom.